The number of rotatable bonds is 8. The molecule has 0 bridgehead atoms. The monoisotopic (exact) mass is 494 g/mol. The highest BCUT2D eigenvalue weighted by molar-refractivity contribution is 6.04. The number of anilines is 2. The van der Waals surface area contributed by atoms with Gasteiger partial charge in [-0.3, -0.25) is 9.78 Å². The van der Waals surface area contributed by atoms with Gasteiger partial charge in [0.2, 0.25) is 0 Å². The molecule has 1 aliphatic rings. The molecule has 0 aliphatic heterocycles. The van der Waals surface area contributed by atoms with Gasteiger partial charge in [-0.15, -0.1) is 0 Å². The molecule has 0 spiro atoms. The lowest BCUT2D eigenvalue weighted by Crippen LogP contribution is -2.36. The Morgan fingerprint density at radius 3 is 2.38 bits per heavy atom. The molecule has 1 heterocycles. The Morgan fingerprint density at radius 1 is 0.865 bits per heavy atom. The van der Waals surface area contributed by atoms with Crippen LogP contribution in [0.4, 0.5) is 11.4 Å². The van der Waals surface area contributed by atoms with Gasteiger partial charge in [0.25, 0.3) is 5.91 Å². The summed E-state index contributed by atoms with van der Waals surface area (Å²) >= 11 is 0. The van der Waals surface area contributed by atoms with Crippen molar-refractivity contribution >= 4 is 34.0 Å². The van der Waals surface area contributed by atoms with Crippen LogP contribution in [0.15, 0.2) is 85.2 Å². The zero-order valence-electron chi connectivity index (χ0n) is 20.5. The maximum absolute atomic E-state index is 12.6. The first kappa shape index (κ1) is 24.5. The Balaban J connectivity index is 1.11. The Morgan fingerprint density at radius 2 is 1.59 bits per heavy atom. The highest BCUT2D eigenvalue weighted by atomic mass is 16.4. The molecule has 4 N–H and O–H groups in total. The lowest BCUT2D eigenvalue weighted by molar-refractivity contribution is 0.0696. The van der Waals surface area contributed by atoms with Gasteiger partial charge in [-0.2, -0.15) is 0 Å². The first-order chi connectivity index (χ1) is 18.0. The van der Waals surface area contributed by atoms with E-state index in [1.807, 2.05) is 36.7 Å². The molecule has 7 nitrogen and oxygen atoms in total. The van der Waals surface area contributed by atoms with E-state index in [4.69, 9.17) is 5.11 Å². The normalized spacial score (nSPS) is 17.3. The Hall–Kier alpha value is -4.23. The molecule has 0 atom stereocenters. The Labute approximate surface area is 215 Å². The van der Waals surface area contributed by atoms with Crippen LogP contribution in [0.2, 0.25) is 0 Å². The minimum Gasteiger partial charge on any atom is -0.478 e. The van der Waals surface area contributed by atoms with Crippen molar-refractivity contribution < 1.29 is 14.7 Å². The number of hydrogen-bond acceptors (Lipinski definition) is 5. The second-order valence-corrected chi connectivity index (χ2v) is 9.51. The van der Waals surface area contributed by atoms with Gasteiger partial charge < -0.3 is 21.1 Å². The molecular formula is C30H30N4O3. The first-order valence-corrected chi connectivity index (χ1v) is 12.6. The fourth-order valence-electron chi connectivity index (χ4n) is 4.90. The molecule has 4 aromatic rings. The van der Waals surface area contributed by atoms with Gasteiger partial charge >= 0.3 is 5.97 Å². The molecule has 0 unspecified atom stereocenters. The molecule has 3 aromatic carbocycles. The highest BCUT2D eigenvalue weighted by Crippen LogP contribution is 2.27. The summed E-state index contributed by atoms with van der Waals surface area (Å²) in [5.41, 5.74) is 3.56. The number of hydrogen-bond donors (Lipinski definition) is 4. The first-order valence-electron chi connectivity index (χ1n) is 12.6. The standard InChI is InChI=1S/C30H30N4O3/c35-29(21-7-9-22(10-8-21)30(36)37)34-26-5-1-3-20(17-26)18-32-24-11-13-25(14-12-24)33-28-6-2-4-23-19-31-16-15-27(23)28/h1-10,15-17,19,24-25,32-33H,11-14,18H2,(H,34,35)(H,36,37). The molecule has 1 amide bonds. The lowest BCUT2D eigenvalue weighted by atomic mass is 9.90. The van der Waals surface area contributed by atoms with Crippen LogP contribution in [-0.2, 0) is 6.54 Å². The molecule has 0 saturated heterocycles. The molecular weight excluding hydrogens is 464 g/mol. The molecule has 188 valence electrons. The van der Waals surface area contributed by atoms with Crippen LogP contribution in [0, 0.1) is 0 Å². The summed E-state index contributed by atoms with van der Waals surface area (Å²) in [5.74, 6) is -1.28. The largest absolute Gasteiger partial charge is 0.478 e. The lowest BCUT2D eigenvalue weighted by Gasteiger charge is -2.30. The number of benzene rings is 3. The molecule has 0 radical (unpaired) electrons. The SMILES string of the molecule is O=C(O)c1ccc(C(=O)Nc2cccc(CNC3CCC(Nc4cccc5cnccc45)CC3)c2)cc1. The number of carbonyl (C=O) groups is 2. The minimum absolute atomic E-state index is 0.153. The van der Waals surface area contributed by atoms with E-state index in [2.05, 4.69) is 45.2 Å². The number of pyridine rings is 1. The number of carboxylic acids is 1. The van der Waals surface area contributed by atoms with E-state index < -0.39 is 5.97 Å². The van der Waals surface area contributed by atoms with Gasteiger partial charge in [0, 0.05) is 58.7 Å². The van der Waals surface area contributed by atoms with Gasteiger partial charge in [-0.05, 0) is 79.8 Å². The van der Waals surface area contributed by atoms with Gasteiger partial charge in [-0.25, -0.2) is 4.79 Å². The van der Waals surface area contributed by atoms with Crippen molar-refractivity contribution in [2.75, 3.05) is 10.6 Å². The highest BCUT2D eigenvalue weighted by Gasteiger charge is 2.21. The van der Waals surface area contributed by atoms with Crippen molar-refractivity contribution in [2.45, 2.75) is 44.3 Å². The third-order valence-corrected chi connectivity index (χ3v) is 6.94. The second kappa shape index (κ2) is 11.2. The molecule has 5 rings (SSSR count). The number of aromatic nitrogens is 1. The maximum atomic E-state index is 12.6. The van der Waals surface area contributed by atoms with Gasteiger partial charge in [0.15, 0.2) is 0 Å². The predicted octanol–water partition coefficient (Wildman–Crippen LogP) is 5.70. The summed E-state index contributed by atoms with van der Waals surface area (Å²) in [5, 5.41) is 21.7. The second-order valence-electron chi connectivity index (χ2n) is 9.51. The van der Waals surface area contributed by atoms with Gasteiger partial charge in [-0.1, -0.05) is 24.3 Å². The quantitative estimate of drug-likeness (QED) is 0.251. The van der Waals surface area contributed by atoms with E-state index in [1.165, 1.54) is 35.3 Å². The summed E-state index contributed by atoms with van der Waals surface area (Å²) in [7, 11) is 0. The number of aromatic carboxylic acids is 1. The van der Waals surface area contributed by atoms with E-state index in [-0.39, 0.29) is 11.5 Å². The molecule has 1 saturated carbocycles. The van der Waals surface area contributed by atoms with Crippen molar-refractivity contribution in [2.24, 2.45) is 0 Å². The summed E-state index contributed by atoms with van der Waals surface area (Å²) in [6.07, 6.45) is 8.17. The molecule has 37 heavy (non-hydrogen) atoms. The number of nitrogens with one attached hydrogen (secondary N) is 3. The van der Waals surface area contributed by atoms with Crippen molar-refractivity contribution in [3.8, 4) is 0 Å². The number of amides is 1. The minimum atomic E-state index is -1.01. The third kappa shape index (κ3) is 6.13. The number of carboxylic acid groups (broad SMARTS) is 1. The van der Waals surface area contributed by atoms with Crippen LogP contribution in [-0.4, -0.2) is 34.1 Å². The van der Waals surface area contributed by atoms with E-state index in [1.54, 1.807) is 0 Å². The topological polar surface area (TPSA) is 103 Å². The zero-order valence-corrected chi connectivity index (χ0v) is 20.5. The van der Waals surface area contributed by atoms with Crippen LogP contribution in [0.25, 0.3) is 10.8 Å². The number of nitrogens with zero attached hydrogens (tertiary/aromatic N) is 1. The molecule has 1 fully saturated rings. The fourth-order valence-corrected chi connectivity index (χ4v) is 4.90. The number of carbonyl (C=O) groups excluding carboxylic acids is 1. The summed E-state index contributed by atoms with van der Waals surface area (Å²) in [6, 6.07) is 23.0. The summed E-state index contributed by atoms with van der Waals surface area (Å²) in [4.78, 5) is 27.8. The fraction of sp³-hybridized carbons (Fsp3) is 0.233. The van der Waals surface area contributed by atoms with Crippen LogP contribution >= 0.6 is 0 Å². The van der Waals surface area contributed by atoms with E-state index >= 15 is 0 Å². The third-order valence-electron chi connectivity index (χ3n) is 6.94. The van der Waals surface area contributed by atoms with Crippen molar-refractivity contribution in [3.63, 3.8) is 0 Å². The van der Waals surface area contributed by atoms with Crippen molar-refractivity contribution in [3.05, 3.63) is 102 Å². The number of fused-ring (bicyclic) bond motifs is 1. The maximum Gasteiger partial charge on any atom is 0.335 e. The molecule has 1 aliphatic carbocycles. The summed E-state index contributed by atoms with van der Waals surface area (Å²) < 4.78 is 0. The van der Waals surface area contributed by atoms with Crippen LogP contribution in [0.3, 0.4) is 0 Å². The Bertz CT molecular complexity index is 1390. The zero-order chi connectivity index (χ0) is 25.6. The average Bonchev–Trinajstić information content (AvgIpc) is 2.93. The van der Waals surface area contributed by atoms with Crippen molar-refractivity contribution in [1.29, 1.82) is 0 Å². The van der Waals surface area contributed by atoms with Crippen LogP contribution in [0.5, 0.6) is 0 Å². The molecule has 1 aromatic heterocycles. The van der Waals surface area contributed by atoms with Gasteiger partial charge in [0.1, 0.15) is 0 Å². The van der Waals surface area contributed by atoms with E-state index in [0.717, 1.165) is 43.2 Å². The molecule has 7 heteroatoms. The van der Waals surface area contributed by atoms with Crippen LogP contribution < -0.4 is 16.0 Å². The predicted molar refractivity (Wildman–Crippen MR) is 146 cm³/mol. The van der Waals surface area contributed by atoms with Crippen LogP contribution in [0.1, 0.15) is 52.0 Å². The summed E-state index contributed by atoms with van der Waals surface area (Å²) in [6.45, 7) is 0.732. The van der Waals surface area contributed by atoms with E-state index in [0.29, 0.717) is 23.3 Å². The van der Waals surface area contributed by atoms with E-state index in [9.17, 15) is 9.59 Å². The Kier molecular flexibility index (Phi) is 7.42. The average molecular weight is 495 g/mol. The smallest absolute Gasteiger partial charge is 0.335 e. The van der Waals surface area contributed by atoms with Gasteiger partial charge in [0.05, 0.1) is 5.56 Å². The van der Waals surface area contributed by atoms with Crippen molar-refractivity contribution in [1.82, 2.24) is 10.3 Å².